The summed E-state index contributed by atoms with van der Waals surface area (Å²) in [5, 5.41) is 0. The molecule has 0 aliphatic heterocycles. The summed E-state index contributed by atoms with van der Waals surface area (Å²) in [6.07, 6.45) is 5.43. The number of pyridine rings is 1. The van der Waals surface area contributed by atoms with Gasteiger partial charge in [-0.25, -0.2) is 0 Å². The van der Waals surface area contributed by atoms with E-state index in [2.05, 4.69) is 42.6 Å². The zero-order chi connectivity index (χ0) is 15.3. The normalized spacial score (nSPS) is 13.3. The minimum Gasteiger partial charge on any atom is -0.544 e. The van der Waals surface area contributed by atoms with Gasteiger partial charge in [0.25, 0.3) is 0 Å². The largest absolute Gasteiger partial charge is 0.544 e. The Labute approximate surface area is 127 Å². The Morgan fingerprint density at radius 3 is 2.57 bits per heavy atom. The van der Waals surface area contributed by atoms with E-state index in [9.17, 15) is 0 Å². The summed E-state index contributed by atoms with van der Waals surface area (Å²) in [5.74, 6) is 0.951. The second-order valence-electron chi connectivity index (χ2n) is 5.99. The molecule has 2 rings (SSSR count). The minimum absolute atomic E-state index is 0.0535. The van der Waals surface area contributed by atoms with Crippen molar-refractivity contribution in [3.8, 4) is 5.75 Å². The van der Waals surface area contributed by atoms with E-state index >= 15 is 0 Å². The molecule has 0 bridgehead atoms. The van der Waals surface area contributed by atoms with E-state index in [1.54, 1.807) is 12.4 Å². The van der Waals surface area contributed by atoms with Crippen molar-refractivity contribution in [2.24, 2.45) is 4.99 Å². The van der Waals surface area contributed by atoms with Crippen LogP contribution < -0.4 is 4.43 Å². The number of rotatable bonds is 5. The molecule has 2 aromatic rings. The van der Waals surface area contributed by atoms with Crippen LogP contribution >= 0.6 is 0 Å². The van der Waals surface area contributed by atoms with Crippen LogP contribution in [0, 0.1) is 0 Å². The van der Waals surface area contributed by atoms with Gasteiger partial charge in [0.15, 0.2) is 0 Å². The fraction of sp³-hybridized carbons (Fsp3) is 0.294. The highest BCUT2D eigenvalue weighted by atomic mass is 28.4. The van der Waals surface area contributed by atoms with Crippen molar-refractivity contribution in [2.75, 3.05) is 0 Å². The highest BCUT2D eigenvalue weighted by Crippen LogP contribution is 2.29. The predicted molar refractivity (Wildman–Crippen MR) is 90.7 cm³/mol. The zero-order valence-electron chi connectivity index (χ0n) is 13.1. The highest BCUT2D eigenvalue weighted by Gasteiger charge is 2.19. The molecule has 1 aromatic carbocycles. The number of aromatic nitrogens is 1. The van der Waals surface area contributed by atoms with Gasteiger partial charge in [0, 0.05) is 29.7 Å². The maximum absolute atomic E-state index is 6.16. The lowest BCUT2D eigenvalue weighted by Crippen LogP contribution is -2.29. The molecule has 110 valence electrons. The molecule has 0 fully saturated rings. The molecule has 0 saturated carbocycles. The quantitative estimate of drug-likeness (QED) is 0.602. The standard InChI is InChI=1S/C17H22N2OSi/c1-14(19-13-15-8-7-11-18-12-15)16-9-5-6-10-17(16)20-21(2,3)4/h5-14H,1-4H3/b19-13+. The molecule has 0 aliphatic rings. The summed E-state index contributed by atoms with van der Waals surface area (Å²) in [6.45, 7) is 8.65. The maximum atomic E-state index is 6.16. The first-order valence-corrected chi connectivity index (χ1v) is 10.6. The number of hydrogen-bond acceptors (Lipinski definition) is 3. The minimum atomic E-state index is -1.62. The lowest BCUT2D eigenvalue weighted by Gasteiger charge is -2.22. The monoisotopic (exact) mass is 298 g/mol. The van der Waals surface area contributed by atoms with E-state index in [0.29, 0.717) is 0 Å². The molecule has 1 aromatic heterocycles. The fourth-order valence-corrected chi connectivity index (χ4v) is 2.82. The van der Waals surface area contributed by atoms with Crippen LogP contribution in [0.5, 0.6) is 5.75 Å². The first-order valence-electron chi connectivity index (χ1n) is 7.17. The lowest BCUT2D eigenvalue weighted by atomic mass is 10.1. The van der Waals surface area contributed by atoms with E-state index in [1.165, 1.54) is 0 Å². The van der Waals surface area contributed by atoms with Gasteiger partial charge >= 0.3 is 0 Å². The number of nitrogens with zero attached hydrogens (tertiary/aromatic N) is 2. The molecule has 21 heavy (non-hydrogen) atoms. The second kappa shape index (κ2) is 6.67. The van der Waals surface area contributed by atoms with Crippen molar-refractivity contribution in [3.05, 3.63) is 59.9 Å². The van der Waals surface area contributed by atoms with Crippen molar-refractivity contribution in [3.63, 3.8) is 0 Å². The molecule has 0 amide bonds. The van der Waals surface area contributed by atoms with Gasteiger partial charge in [0.2, 0.25) is 8.32 Å². The third kappa shape index (κ3) is 4.83. The van der Waals surface area contributed by atoms with Gasteiger partial charge < -0.3 is 4.43 Å². The molecule has 0 saturated heterocycles. The van der Waals surface area contributed by atoms with Crippen molar-refractivity contribution < 1.29 is 4.43 Å². The molecule has 4 heteroatoms. The number of benzene rings is 1. The van der Waals surface area contributed by atoms with Gasteiger partial charge in [-0.2, -0.15) is 0 Å². The Hall–Kier alpha value is -1.94. The van der Waals surface area contributed by atoms with Gasteiger partial charge in [-0.3, -0.25) is 9.98 Å². The van der Waals surface area contributed by atoms with E-state index in [-0.39, 0.29) is 6.04 Å². The topological polar surface area (TPSA) is 34.5 Å². The maximum Gasteiger partial charge on any atom is 0.242 e. The van der Waals surface area contributed by atoms with Crippen molar-refractivity contribution in [1.29, 1.82) is 0 Å². The molecule has 0 radical (unpaired) electrons. The number of hydrogen-bond donors (Lipinski definition) is 0. The Bertz CT molecular complexity index is 606. The van der Waals surface area contributed by atoms with Crippen molar-refractivity contribution in [1.82, 2.24) is 4.98 Å². The summed E-state index contributed by atoms with van der Waals surface area (Å²) in [6, 6.07) is 12.1. The number of aliphatic imine (C=N–C) groups is 1. The van der Waals surface area contributed by atoms with Crippen LogP contribution in [0.1, 0.15) is 24.1 Å². The van der Waals surface area contributed by atoms with Crippen molar-refractivity contribution >= 4 is 14.5 Å². The average Bonchev–Trinajstić information content (AvgIpc) is 2.45. The Balaban J connectivity index is 2.19. The summed E-state index contributed by atoms with van der Waals surface area (Å²) in [4.78, 5) is 8.72. The van der Waals surface area contributed by atoms with Gasteiger partial charge in [-0.15, -0.1) is 0 Å². The predicted octanol–water partition coefficient (Wildman–Crippen LogP) is 4.48. The first kappa shape index (κ1) is 15.4. The van der Waals surface area contributed by atoms with Gasteiger partial charge in [-0.1, -0.05) is 24.3 Å². The fourth-order valence-electron chi connectivity index (χ4n) is 1.98. The average molecular weight is 298 g/mol. The molecule has 0 aliphatic carbocycles. The Morgan fingerprint density at radius 1 is 1.14 bits per heavy atom. The lowest BCUT2D eigenvalue weighted by molar-refractivity contribution is 0.543. The summed E-state index contributed by atoms with van der Waals surface area (Å²) < 4.78 is 6.16. The van der Waals surface area contributed by atoms with Crippen molar-refractivity contribution in [2.45, 2.75) is 32.6 Å². The van der Waals surface area contributed by atoms with Crippen LogP contribution in [0.15, 0.2) is 53.8 Å². The smallest absolute Gasteiger partial charge is 0.242 e. The van der Waals surface area contributed by atoms with E-state index in [1.807, 2.05) is 36.5 Å². The summed E-state index contributed by atoms with van der Waals surface area (Å²) >= 11 is 0. The van der Waals surface area contributed by atoms with Crippen LogP contribution in [0.25, 0.3) is 0 Å². The van der Waals surface area contributed by atoms with Crippen LogP contribution in [-0.4, -0.2) is 19.5 Å². The summed E-state index contributed by atoms with van der Waals surface area (Å²) in [5.41, 5.74) is 2.13. The SMILES string of the molecule is CC(/N=C/c1cccnc1)c1ccccc1O[Si](C)(C)C. The Kier molecular flexibility index (Phi) is 4.91. The van der Waals surface area contributed by atoms with E-state index in [0.717, 1.165) is 16.9 Å². The van der Waals surface area contributed by atoms with Gasteiger partial charge in [-0.05, 0) is 38.7 Å². The summed E-state index contributed by atoms with van der Waals surface area (Å²) in [7, 11) is -1.62. The molecule has 0 N–H and O–H groups in total. The molecule has 0 spiro atoms. The first-order chi connectivity index (χ1) is 9.96. The van der Waals surface area contributed by atoms with Crippen LogP contribution in [-0.2, 0) is 0 Å². The highest BCUT2D eigenvalue weighted by molar-refractivity contribution is 6.70. The number of para-hydroxylation sites is 1. The van der Waals surface area contributed by atoms with Crippen LogP contribution in [0.2, 0.25) is 19.6 Å². The molecule has 1 unspecified atom stereocenters. The molecule has 1 heterocycles. The molecule has 1 atom stereocenters. The zero-order valence-corrected chi connectivity index (χ0v) is 14.1. The third-order valence-corrected chi connectivity index (χ3v) is 3.75. The Morgan fingerprint density at radius 2 is 1.90 bits per heavy atom. The molecule has 3 nitrogen and oxygen atoms in total. The van der Waals surface area contributed by atoms with E-state index in [4.69, 9.17) is 4.43 Å². The molecular formula is C17H22N2OSi. The molecular weight excluding hydrogens is 276 g/mol. The van der Waals surface area contributed by atoms with Gasteiger partial charge in [0.05, 0.1) is 6.04 Å². The second-order valence-corrected chi connectivity index (χ2v) is 10.4. The van der Waals surface area contributed by atoms with E-state index < -0.39 is 8.32 Å². The van der Waals surface area contributed by atoms with Crippen LogP contribution in [0.4, 0.5) is 0 Å². The van der Waals surface area contributed by atoms with Gasteiger partial charge in [0.1, 0.15) is 5.75 Å². The third-order valence-electron chi connectivity index (χ3n) is 2.92. The van der Waals surface area contributed by atoms with Crippen LogP contribution in [0.3, 0.4) is 0 Å².